The van der Waals surface area contributed by atoms with Crippen LogP contribution in [0.25, 0.3) is 0 Å². The predicted molar refractivity (Wildman–Crippen MR) is 90.3 cm³/mol. The van der Waals surface area contributed by atoms with Crippen molar-refractivity contribution in [3.05, 3.63) is 42.2 Å². The summed E-state index contributed by atoms with van der Waals surface area (Å²) in [5.74, 6) is 0.762. The molecule has 140 valence electrons. The number of rotatable bonds is 6. The SMILES string of the molecule is OCCOc1cncc(NC2CCN(c3ccccc3C(F)(F)F)C2)n1. The summed E-state index contributed by atoms with van der Waals surface area (Å²) in [6, 6.07) is 5.54. The zero-order chi connectivity index (χ0) is 18.6. The summed E-state index contributed by atoms with van der Waals surface area (Å²) < 4.78 is 44.8. The third-order valence-electron chi connectivity index (χ3n) is 4.04. The normalized spacial score (nSPS) is 17.4. The molecule has 2 heterocycles. The lowest BCUT2D eigenvalue weighted by molar-refractivity contribution is -0.137. The van der Waals surface area contributed by atoms with Crippen molar-refractivity contribution in [3.63, 3.8) is 0 Å². The van der Waals surface area contributed by atoms with E-state index >= 15 is 0 Å². The Labute approximate surface area is 148 Å². The molecule has 6 nitrogen and oxygen atoms in total. The van der Waals surface area contributed by atoms with E-state index < -0.39 is 11.7 Å². The Hall–Kier alpha value is -2.55. The number of aliphatic hydroxyl groups is 1. The highest BCUT2D eigenvalue weighted by Crippen LogP contribution is 2.37. The van der Waals surface area contributed by atoms with Crippen LogP contribution in [0.1, 0.15) is 12.0 Å². The quantitative estimate of drug-likeness (QED) is 0.817. The Kier molecular flexibility index (Phi) is 5.46. The van der Waals surface area contributed by atoms with Gasteiger partial charge in [-0.1, -0.05) is 12.1 Å². The number of aliphatic hydroxyl groups excluding tert-OH is 1. The number of nitrogens with one attached hydrogen (secondary N) is 1. The Morgan fingerprint density at radius 3 is 2.85 bits per heavy atom. The molecule has 1 aliphatic heterocycles. The van der Waals surface area contributed by atoms with Crippen LogP contribution in [0.5, 0.6) is 5.88 Å². The molecule has 0 radical (unpaired) electrons. The smallest absolute Gasteiger partial charge is 0.418 e. The van der Waals surface area contributed by atoms with Crippen LogP contribution in [0.15, 0.2) is 36.7 Å². The molecule has 2 aromatic rings. The second-order valence-electron chi connectivity index (χ2n) is 5.91. The minimum absolute atomic E-state index is 0.0568. The topological polar surface area (TPSA) is 70.5 Å². The van der Waals surface area contributed by atoms with Gasteiger partial charge in [-0.2, -0.15) is 18.2 Å². The van der Waals surface area contributed by atoms with Gasteiger partial charge in [0, 0.05) is 24.8 Å². The van der Waals surface area contributed by atoms with Crippen molar-refractivity contribution >= 4 is 11.5 Å². The molecule has 1 saturated heterocycles. The number of alkyl halides is 3. The van der Waals surface area contributed by atoms with Gasteiger partial charge in [-0.05, 0) is 18.6 Å². The fraction of sp³-hybridized carbons (Fsp3) is 0.412. The number of anilines is 2. The number of benzene rings is 1. The number of ether oxygens (including phenoxy) is 1. The van der Waals surface area contributed by atoms with Gasteiger partial charge in [0.15, 0.2) is 0 Å². The third-order valence-corrected chi connectivity index (χ3v) is 4.04. The molecule has 1 unspecified atom stereocenters. The molecule has 2 N–H and O–H groups in total. The van der Waals surface area contributed by atoms with E-state index in [1.807, 2.05) is 0 Å². The van der Waals surface area contributed by atoms with Gasteiger partial charge in [0.1, 0.15) is 12.4 Å². The van der Waals surface area contributed by atoms with E-state index in [1.165, 1.54) is 24.5 Å². The minimum atomic E-state index is -4.38. The molecule has 1 atom stereocenters. The standard InChI is InChI=1S/C17H19F3N4O2/c18-17(19,20)13-3-1-2-4-14(13)24-6-5-12(11-24)22-15-9-21-10-16(23-15)26-8-7-25/h1-4,9-10,12,25H,5-8,11H2,(H,22,23). The average molecular weight is 368 g/mol. The van der Waals surface area contributed by atoms with Crippen molar-refractivity contribution in [1.82, 2.24) is 9.97 Å². The molecule has 0 bridgehead atoms. The molecule has 1 aromatic heterocycles. The van der Waals surface area contributed by atoms with Crippen molar-refractivity contribution in [3.8, 4) is 5.88 Å². The van der Waals surface area contributed by atoms with Crippen LogP contribution in [-0.4, -0.2) is 47.4 Å². The number of hydrogen-bond acceptors (Lipinski definition) is 6. The predicted octanol–water partition coefficient (Wildman–Crippen LogP) is 2.56. The second kappa shape index (κ2) is 7.77. The van der Waals surface area contributed by atoms with Crippen LogP contribution in [0.2, 0.25) is 0 Å². The van der Waals surface area contributed by atoms with Gasteiger partial charge < -0.3 is 20.1 Å². The van der Waals surface area contributed by atoms with Gasteiger partial charge in [-0.3, -0.25) is 4.98 Å². The largest absolute Gasteiger partial charge is 0.474 e. The Bertz CT molecular complexity index is 742. The van der Waals surface area contributed by atoms with E-state index in [9.17, 15) is 13.2 Å². The van der Waals surface area contributed by atoms with Crippen molar-refractivity contribution in [2.75, 3.05) is 36.5 Å². The number of nitrogens with zero attached hydrogens (tertiary/aromatic N) is 3. The van der Waals surface area contributed by atoms with Crippen molar-refractivity contribution < 1.29 is 23.0 Å². The van der Waals surface area contributed by atoms with E-state index in [-0.39, 0.29) is 30.8 Å². The number of hydrogen-bond donors (Lipinski definition) is 2. The van der Waals surface area contributed by atoms with Gasteiger partial charge in [0.25, 0.3) is 0 Å². The van der Waals surface area contributed by atoms with Gasteiger partial charge in [0.2, 0.25) is 5.88 Å². The maximum atomic E-state index is 13.2. The molecule has 9 heteroatoms. The first-order valence-electron chi connectivity index (χ1n) is 8.21. The van der Waals surface area contributed by atoms with E-state index in [2.05, 4.69) is 15.3 Å². The van der Waals surface area contributed by atoms with Gasteiger partial charge in [0.05, 0.1) is 24.6 Å². The fourth-order valence-electron chi connectivity index (χ4n) is 2.93. The molecule has 3 rings (SSSR count). The van der Waals surface area contributed by atoms with Gasteiger partial charge in [-0.25, -0.2) is 0 Å². The average Bonchev–Trinajstić information content (AvgIpc) is 3.08. The van der Waals surface area contributed by atoms with Crippen molar-refractivity contribution in [2.45, 2.75) is 18.6 Å². The van der Waals surface area contributed by atoms with Crippen LogP contribution in [0, 0.1) is 0 Å². The van der Waals surface area contributed by atoms with Gasteiger partial charge in [-0.15, -0.1) is 0 Å². The zero-order valence-corrected chi connectivity index (χ0v) is 13.9. The lowest BCUT2D eigenvalue weighted by atomic mass is 10.1. The summed E-state index contributed by atoms with van der Waals surface area (Å²) in [7, 11) is 0. The fourth-order valence-corrected chi connectivity index (χ4v) is 2.93. The highest BCUT2D eigenvalue weighted by atomic mass is 19.4. The minimum Gasteiger partial charge on any atom is -0.474 e. The Balaban J connectivity index is 1.67. The van der Waals surface area contributed by atoms with E-state index in [4.69, 9.17) is 9.84 Å². The maximum absolute atomic E-state index is 13.2. The molecule has 0 aliphatic carbocycles. The van der Waals surface area contributed by atoms with E-state index in [1.54, 1.807) is 11.0 Å². The molecule has 1 aromatic carbocycles. The van der Waals surface area contributed by atoms with Crippen LogP contribution in [0.3, 0.4) is 0 Å². The van der Waals surface area contributed by atoms with Crippen LogP contribution < -0.4 is 15.0 Å². The first-order valence-corrected chi connectivity index (χ1v) is 8.21. The van der Waals surface area contributed by atoms with Crippen molar-refractivity contribution in [2.24, 2.45) is 0 Å². The van der Waals surface area contributed by atoms with Crippen LogP contribution >= 0.6 is 0 Å². The molecule has 1 fully saturated rings. The monoisotopic (exact) mass is 368 g/mol. The molecular formula is C17H19F3N4O2. The summed E-state index contributed by atoms with van der Waals surface area (Å²) in [4.78, 5) is 9.95. The third kappa shape index (κ3) is 4.34. The van der Waals surface area contributed by atoms with Gasteiger partial charge >= 0.3 is 6.18 Å². The summed E-state index contributed by atoms with van der Waals surface area (Å²) in [6.07, 6.45) is -0.749. The van der Waals surface area contributed by atoms with Crippen molar-refractivity contribution in [1.29, 1.82) is 0 Å². The molecule has 0 saturated carbocycles. The van der Waals surface area contributed by atoms with E-state index in [0.717, 1.165) is 6.07 Å². The molecule has 0 spiro atoms. The number of para-hydroxylation sites is 1. The molecular weight excluding hydrogens is 349 g/mol. The molecule has 26 heavy (non-hydrogen) atoms. The summed E-state index contributed by atoms with van der Waals surface area (Å²) in [6.45, 7) is 0.925. The summed E-state index contributed by atoms with van der Waals surface area (Å²) in [5.41, 5.74) is -0.435. The lowest BCUT2D eigenvalue weighted by Crippen LogP contribution is -2.28. The number of halogens is 3. The molecule has 1 aliphatic rings. The Morgan fingerprint density at radius 2 is 2.08 bits per heavy atom. The Morgan fingerprint density at radius 1 is 1.27 bits per heavy atom. The van der Waals surface area contributed by atoms with E-state index in [0.29, 0.717) is 25.3 Å². The number of aromatic nitrogens is 2. The summed E-state index contributed by atoms with van der Waals surface area (Å²) in [5, 5.41) is 11.9. The first-order chi connectivity index (χ1) is 12.5. The highest BCUT2D eigenvalue weighted by molar-refractivity contribution is 5.56. The highest BCUT2D eigenvalue weighted by Gasteiger charge is 2.36. The molecule has 0 amide bonds. The maximum Gasteiger partial charge on any atom is 0.418 e. The van der Waals surface area contributed by atoms with Crippen LogP contribution in [0.4, 0.5) is 24.7 Å². The first kappa shape index (κ1) is 18.2. The zero-order valence-electron chi connectivity index (χ0n) is 13.9. The van der Waals surface area contributed by atoms with Crippen LogP contribution in [-0.2, 0) is 6.18 Å². The summed E-state index contributed by atoms with van der Waals surface area (Å²) >= 11 is 0. The second-order valence-corrected chi connectivity index (χ2v) is 5.91. The lowest BCUT2D eigenvalue weighted by Gasteiger charge is -2.23.